The first-order valence-corrected chi connectivity index (χ1v) is 6.95. The number of aryl methyl sites for hydroxylation is 1. The van der Waals surface area contributed by atoms with Gasteiger partial charge in [0, 0.05) is 16.4 Å². The largest absolute Gasteiger partial charge is 0.323 e. The van der Waals surface area contributed by atoms with E-state index in [4.69, 9.17) is 11.6 Å². The van der Waals surface area contributed by atoms with Crippen molar-refractivity contribution in [2.45, 2.75) is 6.92 Å². The lowest BCUT2D eigenvalue weighted by molar-refractivity contribution is 0.262. The molecule has 0 saturated carbocycles. The number of anilines is 2. The number of nitrogens with one attached hydrogen (secondary N) is 4. The average molecular weight is 317 g/mol. The van der Waals surface area contributed by atoms with Crippen LogP contribution in [-0.4, -0.2) is 16.0 Å². The molecule has 0 aliphatic carbocycles. The topological polar surface area (TPSA) is 89.8 Å². The third-order valence-corrected chi connectivity index (χ3v) is 3.43. The first-order chi connectivity index (χ1) is 10.5. The van der Waals surface area contributed by atoms with Crippen molar-refractivity contribution in [2.75, 3.05) is 10.6 Å². The van der Waals surface area contributed by atoms with Crippen LogP contribution >= 0.6 is 11.6 Å². The number of H-pyrrole nitrogens is 2. The fraction of sp³-hybridized carbons (Fsp3) is 0.0667. The van der Waals surface area contributed by atoms with Gasteiger partial charge in [0.1, 0.15) is 0 Å². The summed E-state index contributed by atoms with van der Waals surface area (Å²) in [5.74, 6) is 0. The van der Waals surface area contributed by atoms with Crippen molar-refractivity contribution in [1.82, 2.24) is 9.97 Å². The molecule has 6 nitrogen and oxygen atoms in total. The summed E-state index contributed by atoms with van der Waals surface area (Å²) in [4.78, 5) is 28.7. The molecule has 22 heavy (non-hydrogen) atoms. The molecule has 0 unspecified atom stereocenters. The number of fused-ring (bicyclic) bond motifs is 1. The van der Waals surface area contributed by atoms with E-state index >= 15 is 0 Å². The van der Waals surface area contributed by atoms with Crippen molar-refractivity contribution in [3.63, 3.8) is 0 Å². The van der Waals surface area contributed by atoms with Crippen molar-refractivity contribution in [1.29, 1.82) is 0 Å². The van der Waals surface area contributed by atoms with Crippen LogP contribution in [0.5, 0.6) is 0 Å². The number of imidazole rings is 1. The Balaban J connectivity index is 1.81. The van der Waals surface area contributed by atoms with E-state index in [9.17, 15) is 9.59 Å². The highest BCUT2D eigenvalue weighted by atomic mass is 35.5. The zero-order chi connectivity index (χ0) is 15.7. The van der Waals surface area contributed by atoms with E-state index < -0.39 is 0 Å². The molecule has 0 saturated heterocycles. The van der Waals surface area contributed by atoms with Gasteiger partial charge in [0.25, 0.3) is 0 Å². The first kappa shape index (κ1) is 14.2. The number of aromatic amines is 2. The molecule has 0 aliphatic rings. The van der Waals surface area contributed by atoms with Crippen LogP contribution in [0.15, 0.2) is 41.2 Å². The summed E-state index contributed by atoms with van der Waals surface area (Å²) in [6, 6.07) is 9.99. The standard InChI is InChI=1S/C15H13ClN4O2/c1-8-5-12-13(20-15(22)19-12)7-11(8)18-14(21)17-10-4-2-3-9(16)6-10/h2-7H,1H3,(H2,17,18,21)(H2,19,20,22). The quantitative estimate of drug-likeness (QED) is 0.583. The highest BCUT2D eigenvalue weighted by molar-refractivity contribution is 6.30. The van der Waals surface area contributed by atoms with Gasteiger partial charge in [-0.3, -0.25) is 0 Å². The lowest BCUT2D eigenvalue weighted by Gasteiger charge is -2.10. The summed E-state index contributed by atoms with van der Waals surface area (Å²) in [6.07, 6.45) is 0. The number of rotatable bonds is 2. The van der Waals surface area contributed by atoms with E-state index in [0.717, 1.165) is 5.56 Å². The van der Waals surface area contributed by atoms with Crippen LogP contribution in [0.25, 0.3) is 11.0 Å². The Morgan fingerprint density at radius 3 is 2.55 bits per heavy atom. The molecule has 1 aromatic heterocycles. The van der Waals surface area contributed by atoms with Gasteiger partial charge in [0.2, 0.25) is 0 Å². The number of amides is 2. The highest BCUT2D eigenvalue weighted by Crippen LogP contribution is 2.21. The lowest BCUT2D eigenvalue weighted by atomic mass is 10.2. The average Bonchev–Trinajstić information content (AvgIpc) is 2.78. The monoisotopic (exact) mass is 316 g/mol. The number of carbonyl (C=O) groups excluding carboxylic acids is 1. The molecule has 0 fully saturated rings. The Hall–Kier alpha value is -2.73. The minimum atomic E-state index is -0.386. The van der Waals surface area contributed by atoms with E-state index in [2.05, 4.69) is 20.6 Å². The molecular weight excluding hydrogens is 304 g/mol. The molecule has 3 rings (SSSR count). The van der Waals surface area contributed by atoms with Gasteiger partial charge in [-0.1, -0.05) is 17.7 Å². The number of urea groups is 1. The second-order valence-corrected chi connectivity index (χ2v) is 5.32. The second kappa shape index (κ2) is 5.57. The zero-order valence-electron chi connectivity index (χ0n) is 11.7. The Morgan fingerprint density at radius 2 is 1.82 bits per heavy atom. The number of benzene rings is 2. The molecule has 0 bridgehead atoms. The van der Waals surface area contributed by atoms with E-state index in [0.29, 0.717) is 27.4 Å². The van der Waals surface area contributed by atoms with Gasteiger partial charge in [-0.15, -0.1) is 0 Å². The van der Waals surface area contributed by atoms with E-state index in [1.807, 2.05) is 6.92 Å². The minimum absolute atomic E-state index is 0.282. The Bertz CT molecular complexity index is 913. The maximum atomic E-state index is 12.0. The van der Waals surface area contributed by atoms with Crippen molar-refractivity contribution >= 4 is 40.0 Å². The number of hydrogen-bond acceptors (Lipinski definition) is 2. The SMILES string of the molecule is Cc1cc2[nH]c(=O)[nH]c2cc1NC(=O)Nc1cccc(Cl)c1. The molecule has 3 aromatic rings. The summed E-state index contributed by atoms with van der Waals surface area (Å²) in [7, 11) is 0. The Morgan fingerprint density at radius 1 is 1.09 bits per heavy atom. The number of carbonyl (C=O) groups is 1. The summed E-state index contributed by atoms with van der Waals surface area (Å²) in [5.41, 5.74) is 3.09. The molecule has 0 radical (unpaired) electrons. The fourth-order valence-corrected chi connectivity index (χ4v) is 2.37. The fourth-order valence-electron chi connectivity index (χ4n) is 2.18. The van der Waals surface area contributed by atoms with Crippen molar-refractivity contribution in [3.8, 4) is 0 Å². The third kappa shape index (κ3) is 2.96. The summed E-state index contributed by atoms with van der Waals surface area (Å²) >= 11 is 5.87. The predicted octanol–water partition coefficient (Wildman–Crippen LogP) is 3.46. The molecule has 1 heterocycles. The summed E-state index contributed by atoms with van der Waals surface area (Å²) in [5, 5.41) is 5.99. The normalized spacial score (nSPS) is 10.6. The maximum Gasteiger partial charge on any atom is 0.323 e. The van der Waals surface area contributed by atoms with Gasteiger partial charge < -0.3 is 20.6 Å². The molecule has 0 spiro atoms. The highest BCUT2D eigenvalue weighted by Gasteiger charge is 2.08. The van der Waals surface area contributed by atoms with E-state index in [-0.39, 0.29) is 11.7 Å². The molecule has 4 N–H and O–H groups in total. The molecule has 0 atom stereocenters. The molecule has 0 aliphatic heterocycles. The van der Waals surface area contributed by atoms with Crippen LogP contribution < -0.4 is 16.3 Å². The first-order valence-electron chi connectivity index (χ1n) is 6.57. The molecule has 2 aromatic carbocycles. The molecule has 7 heteroatoms. The van der Waals surface area contributed by atoms with Gasteiger partial charge in [-0.05, 0) is 42.8 Å². The predicted molar refractivity (Wildman–Crippen MR) is 87.7 cm³/mol. The van der Waals surface area contributed by atoms with Gasteiger partial charge >= 0.3 is 11.7 Å². The lowest BCUT2D eigenvalue weighted by Crippen LogP contribution is -2.19. The van der Waals surface area contributed by atoms with Gasteiger partial charge in [-0.25, -0.2) is 9.59 Å². The Labute approximate surface area is 130 Å². The smallest absolute Gasteiger partial charge is 0.308 e. The Kier molecular flexibility index (Phi) is 3.60. The van der Waals surface area contributed by atoms with Crippen LogP contribution in [0.4, 0.5) is 16.2 Å². The van der Waals surface area contributed by atoms with Crippen molar-refractivity contribution in [2.24, 2.45) is 0 Å². The van der Waals surface area contributed by atoms with Crippen LogP contribution in [0.3, 0.4) is 0 Å². The van der Waals surface area contributed by atoms with E-state index in [1.165, 1.54) is 0 Å². The minimum Gasteiger partial charge on any atom is -0.308 e. The molecule has 112 valence electrons. The van der Waals surface area contributed by atoms with E-state index in [1.54, 1.807) is 36.4 Å². The number of aromatic nitrogens is 2. The second-order valence-electron chi connectivity index (χ2n) is 4.88. The van der Waals surface area contributed by atoms with Crippen LogP contribution in [0.1, 0.15) is 5.56 Å². The van der Waals surface area contributed by atoms with Crippen molar-refractivity contribution < 1.29 is 4.79 Å². The van der Waals surface area contributed by atoms with Gasteiger partial charge in [0.05, 0.1) is 11.0 Å². The summed E-state index contributed by atoms with van der Waals surface area (Å²) < 4.78 is 0. The zero-order valence-corrected chi connectivity index (χ0v) is 12.4. The van der Waals surface area contributed by atoms with Crippen LogP contribution in [0.2, 0.25) is 5.02 Å². The number of hydrogen-bond donors (Lipinski definition) is 4. The van der Waals surface area contributed by atoms with Crippen LogP contribution in [0, 0.1) is 6.92 Å². The van der Waals surface area contributed by atoms with Crippen LogP contribution in [-0.2, 0) is 0 Å². The summed E-state index contributed by atoms with van der Waals surface area (Å²) in [6.45, 7) is 1.85. The van der Waals surface area contributed by atoms with Crippen molar-refractivity contribution in [3.05, 3.63) is 57.5 Å². The molecule has 2 amide bonds. The van der Waals surface area contributed by atoms with Gasteiger partial charge in [0.15, 0.2) is 0 Å². The number of halogens is 1. The maximum absolute atomic E-state index is 12.0. The third-order valence-electron chi connectivity index (χ3n) is 3.19. The van der Waals surface area contributed by atoms with Gasteiger partial charge in [-0.2, -0.15) is 0 Å². The molecular formula is C15H13ClN4O2.